The number of rotatable bonds is 4. The molecule has 1 saturated carbocycles. The summed E-state index contributed by atoms with van der Waals surface area (Å²) in [7, 11) is 0. The van der Waals surface area contributed by atoms with Crippen LogP contribution in [-0.2, 0) is 0 Å². The number of hydrogen-bond donors (Lipinski definition) is 0. The SMILES string of the molecule is CCCN(c1ccc(C#N)c(C)c1)C1CC1. The minimum atomic E-state index is 0.743. The molecule has 1 aromatic rings. The van der Waals surface area contributed by atoms with Crippen LogP contribution in [-0.4, -0.2) is 12.6 Å². The third-order valence-electron chi connectivity index (χ3n) is 3.11. The summed E-state index contributed by atoms with van der Waals surface area (Å²) in [5, 5.41) is 8.91. The molecular formula is C14H18N2. The first-order valence-corrected chi connectivity index (χ1v) is 6.03. The Hall–Kier alpha value is -1.49. The number of benzene rings is 1. The topological polar surface area (TPSA) is 27.0 Å². The maximum Gasteiger partial charge on any atom is 0.0994 e. The van der Waals surface area contributed by atoms with E-state index in [2.05, 4.69) is 30.0 Å². The Labute approximate surface area is 97.5 Å². The van der Waals surface area contributed by atoms with Crippen LogP contribution >= 0.6 is 0 Å². The highest BCUT2D eigenvalue weighted by atomic mass is 15.2. The maximum absolute atomic E-state index is 8.91. The fourth-order valence-electron chi connectivity index (χ4n) is 2.10. The van der Waals surface area contributed by atoms with Crippen molar-refractivity contribution in [2.45, 2.75) is 39.2 Å². The molecule has 0 bridgehead atoms. The van der Waals surface area contributed by atoms with E-state index in [0.717, 1.165) is 23.7 Å². The van der Waals surface area contributed by atoms with Crippen molar-refractivity contribution in [3.8, 4) is 6.07 Å². The average Bonchev–Trinajstić information content (AvgIpc) is 3.09. The minimum Gasteiger partial charge on any atom is -0.369 e. The standard InChI is InChI=1S/C14H18N2/c1-3-8-16(13-6-7-13)14-5-4-12(10-15)11(2)9-14/h4-5,9,13H,3,6-8H2,1-2H3. The van der Waals surface area contributed by atoms with Crippen LogP contribution in [0.2, 0.25) is 0 Å². The van der Waals surface area contributed by atoms with Gasteiger partial charge in [-0.15, -0.1) is 0 Å². The van der Waals surface area contributed by atoms with Gasteiger partial charge < -0.3 is 4.90 Å². The Morgan fingerprint density at radius 3 is 2.69 bits per heavy atom. The highest BCUT2D eigenvalue weighted by molar-refractivity contribution is 5.54. The Morgan fingerprint density at radius 1 is 1.44 bits per heavy atom. The molecule has 2 nitrogen and oxygen atoms in total. The number of nitrogens with zero attached hydrogens (tertiary/aromatic N) is 2. The zero-order chi connectivity index (χ0) is 11.5. The molecule has 16 heavy (non-hydrogen) atoms. The first-order valence-electron chi connectivity index (χ1n) is 6.03. The molecular weight excluding hydrogens is 196 g/mol. The van der Waals surface area contributed by atoms with Gasteiger partial charge in [-0.2, -0.15) is 5.26 Å². The normalized spacial score (nSPS) is 14.6. The van der Waals surface area contributed by atoms with Crippen LogP contribution in [0.15, 0.2) is 18.2 Å². The van der Waals surface area contributed by atoms with Crippen LogP contribution in [0.1, 0.15) is 37.3 Å². The van der Waals surface area contributed by atoms with E-state index < -0.39 is 0 Å². The smallest absolute Gasteiger partial charge is 0.0994 e. The predicted molar refractivity (Wildman–Crippen MR) is 66.6 cm³/mol. The summed E-state index contributed by atoms with van der Waals surface area (Å²) in [4.78, 5) is 2.48. The second kappa shape index (κ2) is 4.57. The number of nitriles is 1. The van der Waals surface area contributed by atoms with E-state index in [4.69, 9.17) is 5.26 Å². The van der Waals surface area contributed by atoms with Crippen molar-refractivity contribution in [1.82, 2.24) is 0 Å². The molecule has 0 amide bonds. The van der Waals surface area contributed by atoms with Crippen molar-refractivity contribution in [2.75, 3.05) is 11.4 Å². The van der Waals surface area contributed by atoms with Crippen LogP contribution < -0.4 is 4.90 Å². The summed E-state index contributed by atoms with van der Waals surface area (Å²) in [5.74, 6) is 0. The Balaban J connectivity index is 2.24. The fourth-order valence-corrected chi connectivity index (χ4v) is 2.10. The molecule has 1 aliphatic rings. The molecule has 0 N–H and O–H groups in total. The van der Waals surface area contributed by atoms with Gasteiger partial charge in [-0.25, -0.2) is 0 Å². The van der Waals surface area contributed by atoms with E-state index in [1.54, 1.807) is 0 Å². The van der Waals surface area contributed by atoms with Crippen LogP contribution in [0.4, 0.5) is 5.69 Å². The molecule has 1 fully saturated rings. The lowest BCUT2D eigenvalue weighted by Gasteiger charge is -2.24. The molecule has 0 radical (unpaired) electrons. The molecule has 2 heteroatoms. The first kappa shape index (κ1) is 11.0. The molecule has 0 atom stereocenters. The van der Waals surface area contributed by atoms with Gasteiger partial charge in [0.15, 0.2) is 0 Å². The van der Waals surface area contributed by atoms with Crippen molar-refractivity contribution in [1.29, 1.82) is 5.26 Å². The molecule has 0 aliphatic heterocycles. The van der Waals surface area contributed by atoms with Gasteiger partial charge in [-0.1, -0.05) is 6.92 Å². The van der Waals surface area contributed by atoms with E-state index >= 15 is 0 Å². The second-order valence-corrected chi connectivity index (χ2v) is 4.54. The molecule has 2 rings (SSSR count). The van der Waals surface area contributed by atoms with Crippen molar-refractivity contribution >= 4 is 5.69 Å². The number of aryl methyl sites for hydroxylation is 1. The molecule has 0 saturated heterocycles. The quantitative estimate of drug-likeness (QED) is 0.769. The second-order valence-electron chi connectivity index (χ2n) is 4.54. The lowest BCUT2D eigenvalue weighted by Crippen LogP contribution is -2.26. The van der Waals surface area contributed by atoms with E-state index in [9.17, 15) is 0 Å². The molecule has 0 unspecified atom stereocenters. The maximum atomic E-state index is 8.91. The summed E-state index contributed by atoms with van der Waals surface area (Å²) in [6.07, 6.45) is 3.81. The van der Waals surface area contributed by atoms with Gasteiger partial charge in [0.1, 0.15) is 0 Å². The lowest BCUT2D eigenvalue weighted by molar-refractivity contribution is 0.763. The van der Waals surface area contributed by atoms with Gasteiger partial charge in [0, 0.05) is 18.3 Å². The number of anilines is 1. The third-order valence-corrected chi connectivity index (χ3v) is 3.11. The molecule has 84 valence electrons. The van der Waals surface area contributed by atoms with Gasteiger partial charge in [0.2, 0.25) is 0 Å². The predicted octanol–water partition coefficient (Wildman–Crippen LogP) is 3.25. The summed E-state index contributed by atoms with van der Waals surface area (Å²) < 4.78 is 0. The van der Waals surface area contributed by atoms with Crippen molar-refractivity contribution < 1.29 is 0 Å². The summed E-state index contributed by atoms with van der Waals surface area (Å²) in [5.41, 5.74) is 3.15. The molecule has 0 aromatic heterocycles. The van der Waals surface area contributed by atoms with E-state index in [1.165, 1.54) is 24.9 Å². The van der Waals surface area contributed by atoms with Crippen molar-refractivity contribution in [3.63, 3.8) is 0 Å². The average molecular weight is 214 g/mol. The molecule has 0 spiro atoms. The lowest BCUT2D eigenvalue weighted by atomic mass is 10.1. The molecule has 1 aromatic carbocycles. The monoisotopic (exact) mass is 214 g/mol. The van der Waals surface area contributed by atoms with Gasteiger partial charge in [-0.3, -0.25) is 0 Å². The minimum absolute atomic E-state index is 0.743. The van der Waals surface area contributed by atoms with Crippen LogP contribution in [0.5, 0.6) is 0 Å². The molecule has 1 aliphatic carbocycles. The van der Waals surface area contributed by atoms with Crippen LogP contribution in [0.25, 0.3) is 0 Å². The third kappa shape index (κ3) is 2.19. The van der Waals surface area contributed by atoms with Gasteiger partial charge in [0.25, 0.3) is 0 Å². The highest BCUT2D eigenvalue weighted by Crippen LogP contribution is 2.32. The van der Waals surface area contributed by atoms with Gasteiger partial charge >= 0.3 is 0 Å². The zero-order valence-electron chi connectivity index (χ0n) is 10.0. The number of hydrogen-bond acceptors (Lipinski definition) is 2. The summed E-state index contributed by atoms with van der Waals surface area (Å²) in [6, 6.07) is 9.13. The van der Waals surface area contributed by atoms with Crippen LogP contribution in [0.3, 0.4) is 0 Å². The Morgan fingerprint density at radius 2 is 2.19 bits per heavy atom. The molecule has 0 heterocycles. The van der Waals surface area contributed by atoms with E-state index in [-0.39, 0.29) is 0 Å². The van der Waals surface area contributed by atoms with Crippen molar-refractivity contribution in [2.24, 2.45) is 0 Å². The van der Waals surface area contributed by atoms with Gasteiger partial charge in [-0.05, 0) is 49.9 Å². The van der Waals surface area contributed by atoms with E-state index in [1.807, 2.05) is 13.0 Å². The largest absolute Gasteiger partial charge is 0.369 e. The summed E-state index contributed by atoms with van der Waals surface area (Å²) >= 11 is 0. The Bertz CT molecular complexity index is 413. The van der Waals surface area contributed by atoms with Crippen LogP contribution in [0, 0.1) is 18.3 Å². The van der Waals surface area contributed by atoms with Crippen molar-refractivity contribution in [3.05, 3.63) is 29.3 Å². The Kier molecular flexibility index (Phi) is 3.14. The summed E-state index contributed by atoms with van der Waals surface area (Å²) in [6.45, 7) is 5.35. The van der Waals surface area contributed by atoms with Gasteiger partial charge in [0.05, 0.1) is 11.6 Å². The highest BCUT2D eigenvalue weighted by Gasteiger charge is 2.28. The first-order chi connectivity index (χ1) is 7.76. The zero-order valence-corrected chi connectivity index (χ0v) is 10.0. The van der Waals surface area contributed by atoms with E-state index in [0.29, 0.717) is 0 Å². The fraction of sp³-hybridized carbons (Fsp3) is 0.500.